The van der Waals surface area contributed by atoms with Crippen molar-refractivity contribution < 1.29 is 23.5 Å². The molecule has 0 bridgehead atoms. The van der Waals surface area contributed by atoms with E-state index in [1.165, 1.54) is 7.11 Å². The molecule has 0 N–H and O–H groups in total. The average Bonchev–Trinajstić information content (AvgIpc) is 2.66. The molecule has 6 nitrogen and oxygen atoms in total. The van der Waals surface area contributed by atoms with Crippen molar-refractivity contribution in [2.75, 3.05) is 13.7 Å². The van der Waals surface area contributed by atoms with Gasteiger partial charge in [-0.3, -0.25) is 9.59 Å². The molecule has 1 heterocycles. The van der Waals surface area contributed by atoms with E-state index in [-0.39, 0.29) is 30.3 Å². The van der Waals surface area contributed by atoms with Crippen molar-refractivity contribution in [2.24, 2.45) is 5.92 Å². The fourth-order valence-electron chi connectivity index (χ4n) is 3.37. The summed E-state index contributed by atoms with van der Waals surface area (Å²) in [6.45, 7) is 2.21. The van der Waals surface area contributed by atoms with Gasteiger partial charge in [-0.1, -0.05) is 5.57 Å². The first-order chi connectivity index (χ1) is 13.5. The SMILES string of the molecule is COc1ccc2cc(CC(=O)OCCCC3CCC(C)=CC3=O)c(=O)oc2c1. The molecule has 0 saturated carbocycles. The highest BCUT2D eigenvalue weighted by Crippen LogP contribution is 2.24. The summed E-state index contributed by atoms with van der Waals surface area (Å²) in [5, 5.41) is 0.711. The Morgan fingerprint density at radius 3 is 2.82 bits per heavy atom. The summed E-state index contributed by atoms with van der Waals surface area (Å²) in [5.74, 6) is 0.295. The molecule has 28 heavy (non-hydrogen) atoms. The molecule has 1 aromatic heterocycles. The van der Waals surface area contributed by atoms with E-state index in [2.05, 4.69) is 0 Å². The molecule has 2 aromatic rings. The monoisotopic (exact) mass is 384 g/mol. The average molecular weight is 384 g/mol. The quantitative estimate of drug-likeness (QED) is 0.412. The first kappa shape index (κ1) is 19.9. The van der Waals surface area contributed by atoms with Crippen LogP contribution < -0.4 is 10.4 Å². The van der Waals surface area contributed by atoms with Gasteiger partial charge in [0.1, 0.15) is 11.3 Å². The molecule has 1 unspecified atom stereocenters. The van der Waals surface area contributed by atoms with Crippen molar-refractivity contribution in [3.05, 3.63) is 51.9 Å². The molecule has 1 aliphatic rings. The number of benzene rings is 1. The molecule has 3 rings (SSSR count). The van der Waals surface area contributed by atoms with Crippen molar-refractivity contribution in [1.82, 2.24) is 0 Å². The van der Waals surface area contributed by atoms with Gasteiger partial charge in [0.15, 0.2) is 5.78 Å². The summed E-state index contributed by atoms with van der Waals surface area (Å²) in [4.78, 5) is 36.1. The van der Waals surface area contributed by atoms with Gasteiger partial charge in [-0.2, -0.15) is 0 Å². The normalized spacial score (nSPS) is 16.7. The minimum atomic E-state index is -0.562. The number of esters is 1. The fraction of sp³-hybridized carbons (Fsp3) is 0.409. The number of fused-ring (bicyclic) bond motifs is 1. The van der Waals surface area contributed by atoms with Gasteiger partial charge in [0.25, 0.3) is 0 Å². The Morgan fingerprint density at radius 1 is 1.25 bits per heavy atom. The van der Waals surface area contributed by atoms with Crippen LogP contribution >= 0.6 is 0 Å². The molecule has 1 aromatic carbocycles. The second-order valence-corrected chi connectivity index (χ2v) is 7.13. The Hall–Kier alpha value is -2.89. The highest BCUT2D eigenvalue weighted by atomic mass is 16.5. The summed E-state index contributed by atoms with van der Waals surface area (Å²) in [7, 11) is 1.53. The Bertz CT molecular complexity index is 969. The van der Waals surface area contributed by atoms with Crippen LogP contribution in [0, 0.1) is 5.92 Å². The number of rotatable bonds is 7. The van der Waals surface area contributed by atoms with E-state index in [4.69, 9.17) is 13.9 Å². The molecular weight excluding hydrogens is 360 g/mol. The topological polar surface area (TPSA) is 82.8 Å². The van der Waals surface area contributed by atoms with Crippen molar-refractivity contribution in [3.63, 3.8) is 0 Å². The van der Waals surface area contributed by atoms with Crippen LogP contribution in [0.3, 0.4) is 0 Å². The first-order valence-electron chi connectivity index (χ1n) is 9.43. The van der Waals surface area contributed by atoms with Crippen LogP contribution in [-0.2, 0) is 20.7 Å². The number of carbonyl (C=O) groups excluding carboxylic acids is 2. The Kier molecular flexibility index (Phi) is 6.29. The summed E-state index contributed by atoms with van der Waals surface area (Å²) in [5.41, 5.74) is 1.22. The Labute approximate surface area is 163 Å². The molecule has 0 amide bonds. The third-order valence-corrected chi connectivity index (χ3v) is 4.99. The van der Waals surface area contributed by atoms with Gasteiger partial charge in [0.05, 0.1) is 20.1 Å². The van der Waals surface area contributed by atoms with Crippen LogP contribution in [0.5, 0.6) is 5.75 Å². The minimum Gasteiger partial charge on any atom is -0.497 e. The molecule has 0 saturated heterocycles. The molecule has 0 spiro atoms. The number of allylic oxidation sites excluding steroid dienone is 2. The number of ketones is 1. The van der Waals surface area contributed by atoms with Crippen LogP contribution in [0.4, 0.5) is 0 Å². The van der Waals surface area contributed by atoms with Gasteiger partial charge < -0.3 is 13.9 Å². The first-order valence-corrected chi connectivity index (χ1v) is 9.43. The third kappa shape index (κ3) is 4.88. The molecule has 1 aliphatic carbocycles. The summed E-state index contributed by atoms with van der Waals surface area (Å²) < 4.78 is 15.6. The van der Waals surface area contributed by atoms with Crippen molar-refractivity contribution in [1.29, 1.82) is 0 Å². The predicted molar refractivity (Wildman–Crippen MR) is 104 cm³/mol. The maximum atomic E-state index is 12.1. The van der Waals surface area contributed by atoms with E-state index in [0.29, 0.717) is 29.6 Å². The van der Waals surface area contributed by atoms with E-state index >= 15 is 0 Å². The van der Waals surface area contributed by atoms with Gasteiger partial charge in [0, 0.05) is 22.9 Å². The van der Waals surface area contributed by atoms with Crippen molar-refractivity contribution in [3.8, 4) is 5.75 Å². The number of carbonyl (C=O) groups is 2. The van der Waals surface area contributed by atoms with Crippen LogP contribution in [0.15, 0.2) is 45.1 Å². The largest absolute Gasteiger partial charge is 0.497 e. The van der Waals surface area contributed by atoms with Gasteiger partial charge in [-0.25, -0.2) is 4.79 Å². The van der Waals surface area contributed by atoms with Gasteiger partial charge in [-0.15, -0.1) is 0 Å². The van der Waals surface area contributed by atoms with Gasteiger partial charge in [-0.05, 0) is 56.9 Å². The van der Waals surface area contributed by atoms with E-state index in [1.807, 2.05) is 6.92 Å². The summed E-state index contributed by atoms with van der Waals surface area (Å²) in [6, 6.07) is 6.79. The zero-order valence-electron chi connectivity index (χ0n) is 16.2. The van der Waals surface area contributed by atoms with Crippen molar-refractivity contribution in [2.45, 2.75) is 39.0 Å². The zero-order valence-corrected chi connectivity index (χ0v) is 16.2. The summed E-state index contributed by atoms with van der Waals surface area (Å²) >= 11 is 0. The zero-order chi connectivity index (χ0) is 20.1. The lowest BCUT2D eigenvalue weighted by Crippen LogP contribution is -2.19. The maximum Gasteiger partial charge on any atom is 0.340 e. The van der Waals surface area contributed by atoms with Gasteiger partial charge >= 0.3 is 11.6 Å². The molecular formula is C22H24O6. The molecule has 0 radical (unpaired) electrons. The van der Waals surface area contributed by atoms with Crippen LogP contribution in [0.25, 0.3) is 11.0 Å². The smallest absolute Gasteiger partial charge is 0.340 e. The van der Waals surface area contributed by atoms with E-state index in [0.717, 1.165) is 18.4 Å². The van der Waals surface area contributed by atoms with Crippen LogP contribution in [-0.4, -0.2) is 25.5 Å². The molecule has 6 heteroatoms. The lowest BCUT2D eigenvalue weighted by Gasteiger charge is -2.18. The second kappa shape index (κ2) is 8.87. The van der Waals surface area contributed by atoms with E-state index in [9.17, 15) is 14.4 Å². The number of methoxy groups -OCH3 is 1. The van der Waals surface area contributed by atoms with E-state index in [1.54, 1.807) is 30.3 Å². The molecule has 148 valence electrons. The fourth-order valence-corrected chi connectivity index (χ4v) is 3.37. The Balaban J connectivity index is 1.51. The van der Waals surface area contributed by atoms with Crippen molar-refractivity contribution >= 4 is 22.7 Å². The Morgan fingerprint density at radius 2 is 2.07 bits per heavy atom. The number of ether oxygens (including phenoxy) is 2. The second-order valence-electron chi connectivity index (χ2n) is 7.13. The minimum absolute atomic E-state index is 0.0203. The van der Waals surface area contributed by atoms with E-state index < -0.39 is 11.6 Å². The third-order valence-electron chi connectivity index (χ3n) is 4.99. The maximum absolute atomic E-state index is 12.1. The standard InChI is InChI=1S/C22H24O6/c1-14-5-6-15(19(23)10-14)4-3-9-27-21(24)12-17-11-16-7-8-18(26-2)13-20(16)28-22(17)25/h7-8,10-11,13,15H,3-6,9,12H2,1-2H3. The summed E-state index contributed by atoms with van der Waals surface area (Å²) in [6.07, 6.45) is 4.71. The lowest BCUT2D eigenvalue weighted by atomic mass is 9.86. The van der Waals surface area contributed by atoms with Crippen LogP contribution in [0.2, 0.25) is 0 Å². The van der Waals surface area contributed by atoms with Gasteiger partial charge in [0.2, 0.25) is 0 Å². The molecule has 0 fully saturated rings. The lowest BCUT2D eigenvalue weighted by molar-refractivity contribution is -0.143. The number of hydrogen-bond acceptors (Lipinski definition) is 6. The molecule has 1 atom stereocenters. The number of hydrogen-bond donors (Lipinski definition) is 0. The highest BCUT2D eigenvalue weighted by molar-refractivity contribution is 5.93. The predicted octanol–water partition coefficient (Wildman–Crippen LogP) is 3.59. The highest BCUT2D eigenvalue weighted by Gasteiger charge is 2.20. The van der Waals surface area contributed by atoms with Crippen LogP contribution in [0.1, 0.15) is 38.2 Å². The molecule has 0 aliphatic heterocycles.